The first kappa shape index (κ1) is 20.8. The lowest BCUT2D eigenvalue weighted by atomic mass is 10.1. The number of hydrogen-bond donors (Lipinski definition) is 1. The van der Waals surface area contributed by atoms with E-state index in [0.717, 1.165) is 20.1 Å². The average Bonchev–Trinajstić information content (AvgIpc) is 3.28. The van der Waals surface area contributed by atoms with Crippen LogP contribution in [-0.2, 0) is 6.61 Å². The van der Waals surface area contributed by atoms with Crippen LogP contribution in [0.3, 0.4) is 0 Å². The van der Waals surface area contributed by atoms with Crippen LogP contribution < -0.4 is 10.2 Å². The molecule has 3 aromatic carbocycles. The number of carbonyl (C=O) groups excluding carboxylic acids is 1. The van der Waals surface area contributed by atoms with Crippen LogP contribution in [0.1, 0.15) is 20.8 Å². The molecular weight excluding hydrogens is 528 g/mol. The molecule has 0 aliphatic heterocycles. The second-order valence-electron chi connectivity index (χ2n) is 6.42. The summed E-state index contributed by atoms with van der Waals surface area (Å²) in [5.74, 6) is 0.483. The monoisotopic (exact) mass is 542 g/mol. The van der Waals surface area contributed by atoms with E-state index < -0.39 is 0 Å². The van der Waals surface area contributed by atoms with Crippen LogP contribution >= 0.6 is 43.2 Å². The van der Waals surface area contributed by atoms with Gasteiger partial charge in [0.1, 0.15) is 12.4 Å². The smallest absolute Gasteiger partial charge is 0.281 e. The molecular formula is C23H16Br2N2O2S. The lowest BCUT2D eigenvalue weighted by Gasteiger charge is -2.13. The number of ether oxygens (including phenoxy) is 1. The maximum Gasteiger partial charge on any atom is 0.281 e. The number of nitrogens with one attached hydrogen (secondary N) is 1. The van der Waals surface area contributed by atoms with Crippen LogP contribution in [0.5, 0.6) is 5.75 Å². The maximum absolute atomic E-state index is 11.9. The predicted octanol–water partition coefficient (Wildman–Crippen LogP) is 6.77. The van der Waals surface area contributed by atoms with Gasteiger partial charge in [-0.25, -0.2) is 5.43 Å². The van der Waals surface area contributed by atoms with Gasteiger partial charge >= 0.3 is 0 Å². The van der Waals surface area contributed by atoms with E-state index in [0.29, 0.717) is 17.2 Å². The van der Waals surface area contributed by atoms with Crippen molar-refractivity contribution in [3.05, 3.63) is 97.1 Å². The lowest BCUT2D eigenvalue weighted by Crippen LogP contribution is -2.16. The highest BCUT2D eigenvalue weighted by molar-refractivity contribution is 9.11. The Morgan fingerprint density at radius 1 is 1.03 bits per heavy atom. The van der Waals surface area contributed by atoms with Crippen LogP contribution in [0.4, 0.5) is 0 Å². The molecule has 1 N–H and O–H groups in total. The van der Waals surface area contributed by atoms with Gasteiger partial charge in [0.05, 0.1) is 20.0 Å². The SMILES string of the molecule is O=C(NN=Cc1cc(Br)c(OCc2cccc3ccccc23)c(Br)c1)c1cccs1. The van der Waals surface area contributed by atoms with Crippen LogP contribution in [-0.4, -0.2) is 12.1 Å². The Hall–Kier alpha value is -2.48. The zero-order valence-electron chi connectivity index (χ0n) is 15.6. The Bertz CT molecular complexity index is 1190. The van der Waals surface area contributed by atoms with Gasteiger partial charge in [0.15, 0.2) is 0 Å². The minimum atomic E-state index is -0.227. The van der Waals surface area contributed by atoms with Crippen molar-refractivity contribution in [2.24, 2.45) is 5.10 Å². The van der Waals surface area contributed by atoms with Crippen LogP contribution in [0.15, 0.2) is 86.2 Å². The number of hydrogen-bond acceptors (Lipinski definition) is 4. The van der Waals surface area contributed by atoms with E-state index in [9.17, 15) is 4.79 Å². The molecule has 0 radical (unpaired) electrons. The first-order valence-electron chi connectivity index (χ1n) is 9.07. The summed E-state index contributed by atoms with van der Waals surface area (Å²) in [6.07, 6.45) is 1.59. The fourth-order valence-corrected chi connectivity index (χ4v) is 5.05. The van der Waals surface area contributed by atoms with Crippen molar-refractivity contribution < 1.29 is 9.53 Å². The highest BCUT2D eigenvalue weighted by atomic mass is 79.9. The Labute approximate surface area is 194 Å². The zero-order valence-corrected chi connectivity index (χ0v) is 19.6. The number of halogens is 2. The van der Waals surface area contributed by atoms with E-state index >= 15 is 0 Å². The second-order valence-corrected chi connectivity index (χ2v) is 9.07. The number of hydrazone groups is 1. The quantitative estimate of drug-likeness (QED) is 0.215. The molecule has 1 aromatic heterocycles. The first-order valence-corrected chi connectivity index (χ1v) is 11.5. The molecule has 0 aliphatic carbocycles. The van der Waals surface area contributed by atoms with Gasteiger partial charge in [-0.1, -0.05) is 48.5 Å². The van der Waals surface area contributed by atoms with Gasteiger partial charge in [-0.2, -0.15) is 5.10 Å². The first-order chi connectivity index (χ1) is 14.6. The van der Waals surface area contributed by atoms with Crippen LogP contribution in [0, 0.1) is 0 Å². The molecule has 0 atom stereocenters. The van der Waals surface area contributed by atoms with E-state index in [1.165, 1.54) is 22.1 Å². The number of fused-ring (bicyclic) bond motifs is 1. The minimum absolute atomic E-state index is 0.227. The summed E-state index contributed by atoms with van der Waals surface area (Å²) in [6.45, 7) is 0.447. The average molecular weight is 544 g/mol. The van der Waals surface area contributed by atoms with E-state index in [1.807, 2.05) is 41.8 Å². The summed E-state index contributed by atoms with van der Waals surface area (Å²) in [5.41, 5.74) is 4.47. The van der Waals surface area contributed by atoms with Crippen molar-refractivity contribution >= 4 is 66.1 Å². The molecule has 0 fully saturated rings. The highest BCUT2D eigenvalue weighted by Crippen LogP contribution is 2.35. The number of carbonyl (C=O) groups is 1. The van der Waals surface area contributed by atoms with E-state index in [2.05, 4.69) is 66.7 Å². The summed E-state index contributed by atoms with van der Waals surface area (Å²) >= 11 is 8.51. The van der Waals surface area contributed by atoms with E-state index in [1.54, 1.807) is 12.3 Å². The molecule has 30 heavy (non-hydrogen) atoms. The molecule has 0 bridgehead atoms. The summed E-state index contributed by atoms with van der Waals surface area (Å²) in [6, 6.07) is 21.8. The lowest BCUT2D eigenvalue weighted by molar-refractivity contribution is 0.0959. The Morgan fingerprint density at radius 3 is 2.57 bits per heavy atom. The second kappa shape index (κ2) is 9.55. The molecule has 0 saturated carbocycles. The maximum atomic E-state index is 11.9. The van der Waals surface area contributed by atoms with Crippen molar-refractivity contribution in [3.63, 3.8) is 0 Å². The number of thiophene rings is 1. The molecule has 0 saturated heterocycles. The fraction of sp³-hybridized carbons (Fsp3) is 0.0435. The molecule has 0 aliphatic rings. The van der Waals surface area contributed by atoms with Gasteiger partial charge in [0.2, 0.25) is 0 Å². The number of nitrogens with zero attached hydrogens (tertiary/aromatic N) is 1. The molecule has 1 amide bonds. The molecule has 0 unspecified atom stereocenters. The minimum Gasteiger partial charge on any atom is -0.487 e. The number of benzene rings is 3. The van der Waals surface area contributed by atoms with E-state index in [-0.39, 0.29) is 5.91 Å². The molecule has 4 nitrogen and oxygen atoms in total. The van der Waals surface area contributed by atoms with Crippen LogP contribution in [0.2, 0.25) is 0 Å². The molecule has 1 heterocycles. The number of amides is 1. The Kier molecular flexibility index (Phi) is 6.62. The highest BCUT2D eigenvalue weighted by Gasteiger charge is 2.10. The predicted molar refractivity (Wildman–Crippen MR) is 130 cm³/mol. The van der Waals surface area contributed by atoms with Gasteiger partial charge in [0, 0.05) is 0 Å². The van der Waals surface area contributed by atoms with Gasteiger partial charge in [0.25, 0.3) is 5.91 Å². The van der Waals surface area contributed by atoms with Gasteiger partial charge in [-0.15, -0.1) is 11.3 Å². The van der Waals surface area contributed by atoms with Crippen molar-refractivity contribution in [2.45, 2.75) is 6.61 Å². The summed E-state index contributed by atoms with van der Waals surface area (Å²) < 4.78 is 7.69. The van der Waals surface area contributed by atoms with Gasteiger partial charge in [-0.3, -0.25) is 4.79 Å². The van der Waals surface area contributed by atoms with Crippen LogP contribution in [0.25, 0.3) is 10.8 Å². The molecule has 7 heteroatoms. The molecule has 4 aromatic rings. The third-order valence-corrected chi connectivity index (χ3v) is 6.44. The largest absolute Gasteiger partial charge is 0.487 e. The van der Waals surface area contributed by atoms with Gasteiger partial charge < -0.3 is 4.74 Å². The third-order valence-electron chi connectivity index (χ3n) is 4.40. The summed E-state index contributed by atoms with van der Waals surface area (Å²) in [4.78, 5) is 12.6. The van der Waals surface area contributed by atoms with Crippen molar-refractivity contribution in [2.75, 3.05) is 0 Å². The summed E-state index contributed by atoms with van der Waals surface area (Å²) in [5, 5.41) is 8.25. The molecule has 0 spiro atoms. The molecule has 4 rings (SSSR count). The normalized spacial score (nSPS) is 11.1. The van der Waals surface area contributed by atoms with Crippen molar-refractivity contribution in [3.8, 4) is 5.75 Å². The van der Waals surface area contributed by atoms with Crippen molar-refractivity contribution in [1.29, 1.82) is 0 Å². The Morgan fingerprint density at radius 2 is 1.80 bits per heavy atom. The topological polar surface area (TPSA) is 50.7 Å². The third kappa shape index (κ3) is 4.80. The summed E-state index contributed by atoms with van der Waals surface area (Å²) in [7, 11) is 0. The molecule has 150 valence electrons. The van der Waals surface area contributed by atoms with Crippen molar-refractivity contribution in [1.82, 2.24) is 5.43 Å². The number of rotatable bonds is 6. The zero-order chi connectivity index (χ0) is 20.9. The van der Waals surface area contributed by atoms with E-state index in [4.69, 9.17) is 4.74 Å². The van der Waals surface area contributed by atoms with Gasteiger partial charge in [-0.05, 0) is 77.3 Å². The standard InChI is InChI=1S/C23H16Br2N2O2S/c24-19-11-15(13-26-27-23(28)21-9-4-10-30-21)12-20(25)22(19)29-14-17-7-3-6-16-5-1-2-8-18(16)17/h1-13H,14H2,(H,27,28). The fourth-order valence-electron chi connectivity index (χ4n) is 2.99. The Balaban J connectivity index is 1.46.